The van der Waals surface area contributed by atoms with E-state index in [0.29, 0.717) is 6.20 Å². The molecule has 0 spiro atoms. The molecule has 1 N–H and O–H groups in total. The minimum absolute atomic E-state index is 0.0239. The Kier molecular flexibility index (Phi) is 5.72. The molecule has 4 rings (SSSR count). The van der Waals surface area contributed by atoms with Gasteiger partial charge in [-0.2, -0.15) is 13.2 Å². The lowest BCUT2D eigenvalue weighted by molar-refractivity contribution is -0.138. The molecule has 0 saturated heterocycles. The van der Waals surface area contributed by atoms with E-state index in [1.165, 1.54) is 33.2 Å². The van der Waals surface area contributed by atoms with Gasteiger partial charge in [0.05, 0.1) is 23.0 Å². The number of benzene rings is 1. The van der Waals surface area contributed by atoms with Crippen molar-refractivity contribution in [2.45, 2.75) is 26.9 Å². The molecule has 4 aromatic rings. The molecule has 11 heteroatoms. The van der Waals surface area contributed by atoms with Crippen LogP contribution >= 0.6 is 0 Å². The lowest BCUT2D eigenvalue weighted by atomic mass is 10.0. The van der Waals surface area contributed by atoms with Crippen molar-refractivity contribution >= 4 is 0 Å². The van der Waals surface area contributed by atoms with Crippen molar-refractivity contribution in [3.63, 3.8) is 0 Å². The van der Waals surface area contributed by atoms with E-state index in [4.69, 9.17) is 9.15 Å². The Balaban J connectivity index is 1.94. The fourth-order valence-corrected chi connectivity index (χ4v) is 3.55. The lowest BCUT2D eigenvalue weighted by Gasteiger charge is -2.18. The van der Waals surface area contributed by atoms with E-state index in [1.807, 2.05) is 0 Å². The van der Waals surface area contributed by atoms with Gasteiger partial charge < -0.3 is 14.1 Å². The Labute approximate surface area is 189 Å². The van der Waals surface area contributed by atoms with Crippen LogP contribution in [0.3, 0.4) is 0 Å². The Hall–Kier alpha value is -4.02. The summed E-state index contributed by atoms with van der Waals surface area (Å²) in [4.78, 5) is 23.4. The van der Waals surface area contributed by atoms with Gasteiger partial charge in [0.25, 0.3) is 0 Å². The Morgan fingerprint density at radius 3 is 2.38 bits per heavy atom. The highest BCUT2D eigenvalue weighted by molar-refractivity contribution is 5.73. The predicted molar refractivity (Wildman–Crippen MR) is 111 cm³/mol. The normalized spacial score (nSPS) is 11.6. The van der Waals surface area contributed by atoms with Gasteiger partial charge >= 0.3 is 6.18 Å². The highest BCUT2D eigenvalue weighted by atomic mass is 19.4. The summed E-state index contributed by atoms with van der Waals surface area (Å²) in [7, 11) is 0. The monoisotopic (exact) mass is 477 g/mol. The maximum atomic E-state index is 14.0. The third-order valence-corrected chi connectivity index (χ3v) is 5.24. The summed E-state index contributed by atoms with van der Waals surface area (Å²) in [5.74, 6) is -2.72. The maximum absolute atomic E-state index is 14.0. The number of pyridine rings is 2. The number of aromatic nitrogens is 3. The molecular formula is C23H16F5N3O3. The first-order chi connectivity index (χ1) is 16.0. The standard InChI is InChI=1S/C23H16F5N3O3/c1-10-13(23(26,27)28)9-30-22(34-17-5-4-14(24)20(25)11(17)2)18(10)15-8-16(32)19(12(3)31-15)21-29-6-7-33-21/h4-9H,1-3H3,(H,31,32). The van der Waals surface area contributed by atoms with Crippen LogP contribution in [0.15, 0.2) is 46.1 Å². The number of hydrogen-bond acceptors (Lipinski definition) is 5. The summed E-state index contributed by atoms with van der Waals surface area (Å²) >= 11 is 0. The van der Waals surface area contributed by atoms with Gasteiger partial charge in [-0.05, 0) is 38.5 Å². The van der Waals surface area contributed by atoms with Gasteiger partial charge in [-0.25, -0.2) is 18.7 Å². The zero-order valence-electron chi connectivity index (χ0n) is 18.0. The van der Waals surface area contributed by atoms with Crippen molar-refractivity contribution in [1.82, 2.24) is 15.0 Å². The summed E-state index contributed by atoms with van der Waals surface area (Å²) in [6.07, 6.45) is -1.54. The molecule has 0 fully saturated rings. The van der Waals surface area contributed by atoms with Crippen molar-refractivity contribution in [2.75, 3.05) is 0 Å². The number of ether oxygens (including phenoxy) is 1. The first kappa shape index (κ1) is 23.1. The largest absolute Gasteiger partial charge is 0.444 e. The van der Waals surface area contributed by atoms with Gasteiger partial charge in [-0.15, -0.1) is 0 Å². The number of alkyl halides is 3. The first-order valence-electron chi connectivity index (χ1n) is 9.82. The third kappa shape index (κ3) is 4.04. The molecule has 1 aromatic carbocycles. The molecule has 0 atom stereocenters. The second-order valence-electron chi connectivity index (χ2n) is 7.45. The van der Waals surface area contributed by atoms with E-state index in [-0.39, 0.29) is 51.2 Å². The van der Waals surface area contributed by atoms with Crippen LogP contribution in [0.1, 0.15) is 22.4 Å². The molecule has 0 amide bonds. The minimum atomic E-state index is -4.74. The summed E-state index contributed by atoms with van der Waals surface area (Å²) < 4.78 is 79.1. The van der Waals surface area contributed by atoms with Gasteiger partial charge in [0, 0.05) is 23.5 Å². The second kappa shape index (κ2) is 8.40. The molecular weight excluding hydrogens is 461 g/mol. The smallest absolute Gasteiger partial charge is 0.418 e. The average molecular weight is 477 g/mol. The zero-order valence-corrected chi connectivity index (χ0v) is 18.0. The van der Waals surface area contributed by atoms with Crippen LogP contribution in [0.4, 0.5) is 22.0 Å². The number of nitrogens with one attached hydrogen (secondary N) is 1. The number of H-pyrrole nitrogens is 1. The lowest BCUT2D eigenvalue weighted by Crippen LogP contribution is -2.13. The van der Waals surface area contributed by atoms with Crippen molar-refractivity contribution in [3.05, 3.63) is 81.1 Å². The van der Waals surface area contributed by atoms with E-state index >= 15 is 0 Å². The van der Waals surface area contributed by atoms with Gasteiger partial charge in [0.2, 0.25) is 11.8 Å². The fourth-order valence-electron chi connectivity index (χ4n) is 3.55. The van der Waals surface area contributed by atoms with Gasteiger partial charge in [0.1, 0.15) is 17.6 Å². The third-order valence-electron chi connectivity index (χ3n) is 5.24. The van der Waals surface area contributed by atoms with Crippen LogP contribution in [-0.2, 0) is 6.18 Å². The molecule has 0 unspecified atom stereocenters. The summed E-state index contributed by atoms with van der Waals surface area (Å²) in [5, 5.41) is 0. The number of halogens is 5. The van der Waals surface area contributed by atoms with Crippen molar-refractivity contribution in [2.24, 2.45) is 0 Å². The Bertz CT molecular complexity index is 1440. The molecule has 3 aromatic heterocycles. The van der Waals surface area contributed by atoms with Crippen LogP contribution in [-0.4, -0.2) is 15.0 Å². The quantitative estimate of drug-likeness (QED) is 0.359. The molecule has 3 heterocycles. The molecule has 0 aliphatic rings. The fraction of sp³-hybridized carbons (Fsp3) is 0.174. The second-order valence-corrected chi connectivity index (χ2v) is 7.45. The van der Waals surface area contributed by atoms with Gasteiger partial charge in [0.15, 0.2) is 17.1 Å². The number of aryl methyl sites for hydroxylation is 1. The van der Waals surface area contributed by atoms with Crippen molar-refractivity contribution in [3.8, 4) is 34.3 Å². The predicted octanol–water partition coefficient (Wildman–Crippen LogP) is 6.11. The highest BCUT2D eigenvalue weighted by Gasteiger charge is 2.35. The zero-order chi connectivity index (χ0) is 24.8. The van der Waals surface area contributed by atoms with Crippen LogP contribution in [0, 0.1) is 32.4 Å². The molecule has 176 valence electrons. The van der Waals surface area contributed by atoms with E-state index in [9.17, 15) is 26.7 Å². The molecule has 0 bridgehead atoms. The van der Waals surface area contributed by atoms with Crippen LogP contribution < -0.4 is 10.2 Å². The highest BCUT2D eigenvalue weighted by Crippen LogP contribution is 2.41. The van der Waals surface area contributed by atoms with E-state index in [2.05, 4.69) is 15.0 Å². The molecule has 0 radical (unpaired) electrons. The molecule has 0 aliphatic heterocycles. The van der Waals surface area contributed by atoms with Crippen molar-refractivity contribution in [1.29, 1.82) is 0 Å². The Morgan fingerprint density at radius 2 is 1.76 bits per heavy atom. The summed E-state index contributed by atoms with van der Waals surface area (Å²) in [6, 6.07) is 3.03. The molecule has 34 heavy (non-hydrogen) atoms. The average Bonchev–Trinajstić information content (AvgIpc) is 3.27. The van der Waals surface area contributed by atoms with E-state index in [1.54, 1.807) is 0 Å². The van der Waals surface area contributed by atoms with Crippen LogP contribution in [0.2, 0.25) is 0 Å². The summed E-state index contributed by atoms with van der Waals surface area (Å²) in [5.41, 5.74) is -1.91. The maximum Gasteiger partial charge on any atom is 0.418 e. The molecule has 6 nitrogen and oxygen atoms in total. The van der Waals surface area contributed by atoms with E-state index in [0.717, 1.165) is 18.2 Å². The van der Waals surface area contributed by atoms with E-state index < -0.39 is 28.8 Å². The molecule has 0 saturated carbocycles. The van der Waals surface area contributed by atoms with Gasteiger partial charge in [-0.1, -0.05) is 0 Å². The van der Waals surface area contributed by atoms with Gasteiger partial charge in [-0.3, -0.25) is 4.79 Å². The Morgan fingerprint density at radius 1 is 1.03 bits per heavy atom. The molecule has 0 aliphatic carbocycles. The minimum Gasteiger partial charge on any atom is -0.444 e. The van der Waals surface area contributed by atoms with Crippen molar-refractivity contribution < 1.29 is 31.1 Å². The summed E-state index contributed by atoms with van der Waals surface area (Å²) in [6.45, 7) is 3.98. The number of oxazole rings is 1. The number of hydrogen-bond donors (Lipinski definition) is 1. The first-order valence-corrected chi connectivity index (χ1v) is 9.82. The van der Waals surface area contributed by atoms with Crippen LogP contribution in [0.5, 0.6) is 11.6 Å². The number of aromatic amines is 1. The topological polar surface area (TPSA) is 81.0 Å². The SMILES string of the molecule is Cc1[nH]c(-c2c(Oc3ccc(F)c(F)c3C)ncc(C(F)(F)F)c2C)cc(=O)c1-c1ncco1. The number of rotatable bonds is 4. The number of nitrogens with zero attached hydrogens (tertiary/aromatic N) is 2. The van der Waals surface area contributed by atoms with Crippen LogP contribution in [0.25, 0.3) is 22.7 Å².